The summed E-state index contributed by atoms with van der Waals surface area (Å²) in [7, 11) is 0. The van der Waals surface area contributed by atoms with Gasteiger partial charge in [0.15, 0.2) is 0 Å². The molecule has 0 fully saturated rings. The van der Waals surface area contributed by atoms with E-state index in [1.54, 1.807) is 24.3 Å². The van der Waals surface area contributed by atoms with E-state index in [-0.39, 0.29) is 0 Å². The third kappa shape index (κ3) is 4.81. The Morgan fingerprint density at radius 1 is 1.17 bits per heavy atom. The average molecular weight is 257 g/mol. The van der Waals surface area contributed by atoms with Crippen LogP contribution in [-0.2, 0) is 0 Å². The summed E-state index contributed by atoms with van der Waals surface area (Å²) in [5, 5.41) is 8.36. The van der Waals surface area contributed by atoms with Gasteiger partial charge in [0, 0.05) is 11.4 Å². The summed E-state index contributed by atoms with van der Waals surface area (Å²) in [6.07, 6.45) is 0. The smallest absolute Gasteiger partial charge is 0.0992 e. The first kappa shape index (κ1) is 13.9. The quantitative estimate of drug-likeness (QED) is 0.542. The Kier molecular flexibility index (Phi) is 5.62. The van der Waals surface area contributed by atoms with Crippen LogP contribution in [0.25, 0.3) is 0 Å². The molecule has 0 aliphatic rings. The van der Waals surface area contributed by atoms with Crippen molar-refractivity contribution in [3.8, 4) is 6.07 Å². The van der Waals surface area contributed by atoms with Gasteiger partial charge in [0.2, 0.25) is 0 Å². The highest BCUT2D eigenvalue weighted by Crippen LogP contribution is 2.08. The highest BCUT2D eigenvalue weighted by atomic mass is 32.1. The number of anilines is 2. The van der Waals surface area contributed by atoms with Gasteiger partial charge in [0.1, 0.15) is 0 Å². The van der Waals surface area contributed by atoms with Crippen LogP contribution in [0.2, 0.25) is 0 Å². The first-order valence-electron chi connectivity index (χ1n) is 5.38. The van der Waals surface area contributed by atoms with Crippen molar-refractivity contribution in [3.05, 3.63) is 59.7 Å². The Labute approximate surface area is 113 Å². The molecule has 3 N–H and O–H groups in total. The van der Waals surface area contributed by atoms with Crippen molar-refractivity contribution in [2.75, 3.05) is 10.5 Å². The Bertz CT molecular complexity index is 529. The van der Waals surface area contributed by atoms with Gasteiger partial charge in [-0.05, 0) is 37.3 Å². The van der Waals surface area contributed by atoms with Gasteiger partial charge < -0.3 is 10.5 Å². The Morgan fingerprint density at radius 2 is 1.83 bits per heavy atom. The lowest BCUT2D eigenvalue weighted by Crippen LogP contribution is -1.83. The minimum absolute atomic E-state index is 0.606. The van der Waals surface area contributed by atoms with E-state index in [2.05, 4.69) is 24.5 Å². The monoisotopic (exact) mass is 257 g/mol. The first-order chi connectivity index (χ1) is 8.65. The summed E-state index contributed by atoms with van der Waals surface area (Å²) in [5.41, 5.74) is 8.92. The van der Waals surface area contributed by atoms with E-state index in [9.17, 15) is 0 Å². The molecule has 3 nitrogen and oxygen atoms in total. The molecule has 4 heteroatoms. The normalized spacial score (nSPS) is 8.72. The predicted molar refractivity (Wildman–Crippen MR) is 79.4 cm³/mol. The van der Waals surface area contributed by atoms with Crippen molar-refractivity contribution in [2.45, 2.75) is 6.92 Å². The highest BCUT2D eigenvalue weighted by Gasteiger charge is 1.86. The molecular weight excluding hydrogens is 242 g/mol. The van der Waals surface area contributed by atoms with Gasteiger partial charge in [-0.2, -0.15) is 5.26 Å². The largest absolute Gasteiger partial charge is 0.399 e. The van der Waals surface area contributed by atoms with E-state index < -0.39 is 0 Å². The molecule has 0 unspecified atom stereocenters. The maximum atomic E-state index is 8.36. The average Bonchev–Trinajstić information content (AvgIpc) is 2.40. The van der Waals surface area contributed by atoms with Gasteiger partial charge in [0.05, 0.1) is 11.6 Å². The van der Waals surface area contributed by atoms with Gasteiger partial charge in [0.25, 0.3) is 0 Å². The summed E-state index contributed by atoms with van der Waals surface area (Å²) in [6.45, 7) is 2.06. The van der Waals surface area contributed by atoms with Crippen molar-refractivity contribution in [2.24, 2.45) is 0 Å². The molecule has 0 saturated carbocycles. The molecule has 0 atom stereocenters. The SMILES string of the molecule is Cc1ccc(NS)cc1.N#Cc1cccc(N)c1. The van der Waals surface area contributed by atoms with E-state index >= 15 is 0 Å². The number of nitriles is 1. The summed E-state index contributed by atoms with van der Waals surface area (Å²) in [4.78, 5) is 0. The number of benzene rings is 2. The highest BCUT2D eigenvalue weighted by molar-refractivity contribution is 7.81. The summed E-state index contributed by atoms with van der Waals surface area (Å²) < 4.78 is 2.75. The molecular formula is C14H15N3S. The summed E-state index contributed by atoms with van der Waals surface area (Å²) in [6, 6.07) is 16.9. The van der Waals surface area contributed by atoms with Gasteiger partial charge in [-0.1, -0.05) is 36.6 Å². The predicted octanol–water partition coefficient (Wildman–Crippen LogP) is 3.39. The molecule has 0 aliphatic carbocycles. The van der Waals surface area contributed by atoms with Crippen LogP contribution in [0.5, 0.6) is 0 Å². The Balaban J connectivity index is 0.000000180. The number of rotatable bonds is 1. The fourth-order valence-electron chi connectivity index (χ4n) is 1.24. The van der Waals surface area contributed by atoms with Crippen molar-refractivity contribution < 1.29 is 0 Å². The lowest BCUT2D eigenvalue weighted by Gasteiger charge is -1.96. The number of nitrogens with two attached hydrogens (primary N) is 1. The standard InChI is InChI=1S/C7H6N2.C7H9NS/c8-5-6-2-1-3-7(9)4-6;1-6-2-4-7(8-9)5-3-6/h1-4H,9H2;2-5,8-9H,1H3. The minimum atomic E-state index is 0.606. The molecule has 0 amide bonds. The number of aryl methyl sites for hydroxylation is 1. The van der Waals surface area contributed by atoms with Gasteiger partial charge in [-0.3, -0.25) is 0 Å². The third-order valence-electron chi connectivity index (χ3n) is 2.20. The zero-order valence-corrected chi connectivity index (χ0v) is 11.0. The van der Waals surface area contributed by atoms with E-state index in [0.717, 1.165) is 5.69 Å². The van der Waals surface area contributed by atoms with Gasteiger partial charge >= 0.3 is 0 Å². The fraction of sp³-hybridized carbons (Fsp3) is 0.0714. The van der Waals surface area contributed by atoms with Crippen LogP contribution in [0.15, 0.2) is 48.5 Å². The van der Waals surface area contributed by atoms with E-state index in [0.29, 0.717) is 11.3 Å². The van der Waals surface area contributed by atoms with Crippen LogP contribution < -0.4 is 10.5 Å². The minimum Gasteiger partial charge on any atom is -0.399 e. The van der Waals surface area contributed by atoms with Crippen molar-refractivity contribution in [1.29, 1.82) is 5.26 Å². The van der Waals surface area contributed by atoms with E-state index in [1.807, 2.05) is 30.3 Å². The lowest BCUT2D eigenvalue weighted by molar-refractivity contribution is 1.47. The maximum Gasteiger partial charge on any atom is 0.0992 e. The Morgan fingerprint density at radius 3 is 2.28 bits per heavy atom. The van der Waals surface area contributed by atoms with Crippen LogP contribution in [0.4, 0.5) is 11.4 Å². The zero-order valence-electron chi connectivity index (χ0n) is 10.1. The molecule has 18 heavy (non-hydrogen) atoms. The molecule has 2 aromatic rings. The molecule has 0 spiro atoms. The molecule has 92 valence electrons. The number of thiol groups is 1. The molecule has 2 aromatic carbocycles. The number of hydrogen-bond donors (Lipinski definition) is 3. The third-order valence-corrected chi connectivity index (χ3v) is 2.45. The first-order valence-corrected chi connectivity index (χ1v) is 5.83. The zero-order chi connectivity index (χ0) is 13.4. The van der Waals surface area contributed by atoms with Crippen molar-refractivity contribution in [1.82, 2.24) is 0 Å². The molecule has 0 aliphatic heterocycles. The molecule has 0 heterocycles. The number of nitrogen functional groups attached to an aromatic ring is 1. The number of hydrogen-bond acceptors (Lipinski definition) is 4. The van der Waals surface area contributed by atoms with Crippen molar-refractivity contribution >= 4 is 24.2 Å². The molecule has 0 bridgehead atoms. The number of nitrogens with one attached hydrogen (secondary N) is 1. The molecule has 0 saturated heterocycles. The molecule has 0 radical (unpaired) electrons. The van der Waals surface area contributed by atoms with Crippen LogP contribution in [0.1, 0.15) is 11.1 Å². The van der Waals surface area contributed by atoms with Crippen LogP contribution in [0, 0.1) is 18.3 Å². The van der Waals surface area contributed by atoms with Crippen LogP contribution in [-0.4, -0.2) is 0 Å². The summed E-state index contributed by atoms with van der Waals surface area (Å²) in [5.74, 6) is 0. The molecule has 2 rings (SSSR count). The van der Waals surface area contributed by atoms with Crippen LogP contribution >= 0.6 is 12.8 Å². The molecule has 0 aromatic heterocycles. The van der Waals surface area contributed by atoms with Gasteiger partial charge in [-0.25, -0.2) is 0 Å². The second-order valence-electron chi connectivity index (χ2n) is 3.72. The maximum absolute atomic E-state index is 8.36. The second kappa shape index (κ2) is 7.25. The number of nitrogens with zero attached hydrogens (tertiary/aromatic N) is 1. The van der Waals surface area contributed by atoms with E-state index in [1.165, 1.54) is 5.56 Å². The van der Waals surface area contributed by atoms with Crippen LogP contribution in [0.3, 0.4) is 0 Å². The lowest BCUT2D eigenvalue weighted by atomic mass is 10.2. The fourth-order valence-corrected chi connectivity index (χ4v) is 1.39. The summed E-state index contributed by atoms with van der Waals surface area (Å²) >= 11 is 3.89. The van der Waals surface area contributed by atoms with Crippen molar-refractivity contribution in [3.63, 3.8) is 0 Å². The van der Waals surface area contributed by atoms with E-state index in [4.69, 9.17) is 11.0 Å². The second-order valence-corrected chi connectivity index (χ2v) is 3.94. The topological polar surface area (TPSA) is 61.8 Å². The van der Waals surface area contributed by atoms with Gasteiger partial charge in [-0.15, -0.1) is 0 Å². The Hall–Kier alpha value is -2.12.